The molecule has 0 saturated heterocycles. The van der Waals surface area contributed by atoms with Crippen molar-refractivity contribution < 1.29 is 37.0 Å². The van der Waals surface area contributed by atoms with Gasteiger partial charge in [-0.1, -0.05) is 54.7 Å². The third-order valence-corrected chi connectivity index (χ3v) is 8.23. The van der Waals surface area contributed by atoms with Gasteiger partial charge in [-0.2, -0.15) is 17.0 Å². The van der Waals surface area contributed by atoms with Crippen molar-refractivity contribution in [2.45, 2.75) is 65.6 Å². The Kier molecular flexibility index (Phi) is 11.0. The Morgan fingerprint density at radius 2 is 1.62 bits per heavy atom. The van der Waals surface area contributed by atoms with E-state index < -0.39 is 39.9 Å². The summed E-state index contributed by atoms with van der Waals surface area (Å²) in [4.78, 5) is 38.7. The lowest BCUT2D eigenvalue weighted by Gasteiger charge is -2.39. The lowest BCUT2D eigenvalue weighted by Crippen LogP contribution is -2.50. The van der Waals surface area contributed by atoms with Crippen LogP contribution in [0.15, 0.2) is 54.2 Å². The van der Waals surface area contributed by atoms with Crippen molar-refractivity contribution in [3.8, 4) is 0 Å². The van der Waals surface area contributed by atoms with E-state index in [1.807, 2.05) is 6.92 Å². The van der Waals surface area contributed by atoms with E-state index in [2.05, 4.69) is 0 Å². The van der Waals surface area contributed by atoms with E-state index in [0.29, 0.717) is 27.7 Å². The first-order chi connectivity index (χ1) is 19.7. The van der Waals surface area contributed by atoms with E-state index in [0.717, 1.165) is 10.5 Å². The van der Waals surface area contributed by atoms with Crippen molar-refractivity contribution in [2.75, 3.05) is 13.2 Å². The van der Waals surface area contributed by atoms with Gasteiger partial charge in [0, 0.05) is 22.8 Å². The summed E-state index contributed by atoms with van der Waals surface area (Å²) in [6.07, 6.45) is 0.979. The van der Waals surface area contributed by atoms with Crippen LogP contribution in [-0.4, -0.2) is 53.9 Å². The molecule has 2 aromatic rings. The van der Waals surface area contributed by atoms with Crippen molar-refractivity contribution in [1.29, 1.82) is 0 Å². The Labute approximate surface area is 256 Å². The first-order valence-corrected chi connectivity index (χ1v) is 15.5. The highest BCUT2D eigenvalue weighted by atomic mass is 35.5. The van der Waals surface area contributed by atoms with Crippen LogP contribution in [0.2, 0.25) is 10.0 Å². The molecule has 1 aliphatic rings. The number of nitrogens with zero attached hydrogens (tertiary/aromatic N) is 2. The quantitative estimate of drug-likeness (QED) is 0.175. The van der Waals surface area contributed by atoms with Gasteiger partial charge in [0.1, 0.15) is 5.60 Å². The normalized spacial score (nSPS) is 16.9. The van der Waals surface area contributed by atoms with Crippen molar-refractivity contribution in [1.82, 2.24) is 8.61 Å². The second-order valence-corrected chi connectivity index (χ2v) is 13.0. The predicted molar refractivity (Wildman–Crippen MR) is 158 cm³/mol. The molecule has 1 heterocycles. The van der Waals surface area contributed by atoms with Gasteiger partial charge in [0.05, 0.1) is 30.4 Å². The maximum atomic E-state index is 14.0. The zero-order chi connectivity index (χ0) is 31.2. The van der Waals surface area contributed by atoms with Crippen LogP contribution in [0.25, 0.3) is 0 Å². The lowest BCUT2D eigenvalue weighted by atomic mass is 9.98. The summed E-state index contributed by atoms with van der Waals surface area (Å²) < 4.78 is 45.2. The molecule has 228 valence electrons. The van der Waals surface area contributed by atoms with Crippen LogP contribution >= 0.6 is 23.2 Å². The minimum absolute atomic E-state index is 0.00291. The highest BCUT2D eigenvalue weighted by Gasteiger charge is 2.47. The van der Waals surface area contributed by atoms with E-state index in [9.17, 15) is 22.8 Å². The van der Waals surface area contributed by atoms with Crippen molar-refractivity contribution in [2.24, 2.45) is 0 Å². The molecule has 3 rings (SSSR count). The molecule has 42 heavy (non-hydrogen) atoms. The Morgan fingerprint density at radius 3 is 2.19 bits per heavy atom. The second-order valence-electron chi connectivity index (χ2n) is 10.4. The fourth-order valence-electron chi connectivity index (χ4n) is 4.04. The molecule has 2 aromatic carbocycles. The highest BCUT2D eigenvalue weighted by Crippen LogP contribution is 2.42. The van der Waals surface area contributed by atoms with E-state index in [4.69, 9.17) is 37.4 Å². The molecular formula is C29H34Cl2N2O8S. The van der Waals surface area contributed by atoms with Gasteiger partial charge >= 0.3 is 28.2 Å². The lowest BCUT2D eigenvalue weighted by molar-refractivity contribution is -0.139. The zero-order valence-corrected chi connectivity index (χ0v) is 26.4. The number of benzene rings is 2. The summed E-state index contributed by atoms with van der Waals surface area (Å²) in [7, 11) is -4.63. The molecular weight excluding hydrogens is 607 g/mol. The first kappa shape index (κ1) is 33.4. The fraction of sp³-hybridized carbons (Fsp3) is 0.414. The highest BCUT2D eigenvalue weighted by molar-refractivity contribution is 7.87. The average molecular weight is 642 g/mol. The summed E-state index contributed by atoms with van der Waals surface area (Å²) in [6.45, 7) is 8.40. The molecule has 0 saturated carbocycles. The number of hydrogen-bond acceptors (Lipinski definition) is 8. The Morgan fingerprint density at radius 1 is 0.952 bits per heavy atom. The van der Waals surface area contributed by atoms with Crippen LogP contribution < -0.4 is 0 Å². The summed E-state index contributed by atoms with van der Waals surface area (Å²) in [6, 6.07) is 9.27. The minimum Gasteiger partial charge on any atom is -0.463 e. The Balaban J connectivity index is 2.14. The van der Waals surface area contributed by atoms with Crippen LogP contribution in [0, 0.1) is 0 Å². The van der Waals surface area contributed by atoms with E-state index in [1.54, 1.807) is 39.8 Å². The molecule has 0 N–H and O–H groups in total. The third kappa shape index (κ3) is 8.03. The van der Waals surface area contributed by atoms with Gasteiger partial charge in [-0.25, -0.2) is 14.4 Å². The number of carbonyl (C=O) groups excluding carboxylic acids is 3. The van der Waals surface area contributed by atoms with Gasteiger partial charge in [-0.15, -0.1) is 0 Å². The molecule has 0 fully saturated rings. The SMILES string of the molecule is CCCCOC(=O)N1C=C(C(=O)OCC)C(c2ccc(Cl)cc2Cl)N(Cc2ccc(C(=O)OC(C)(C)C)cc2)S1(=O)=O. The molecule has 0 bridgehead atoms. The van der Waals surface area contributed by atoms with Gasteiger partial charge in [0.25, 0.3) is 0 Å². The molecule has 1 unspecified atom stereocenters. The van der Waals surface area contributed by atoms with Crippen LogP contribution in [0.5, 0.6) is 0 Å². The van der Waals surface area contributed by atoms with Crippen LogP contribution in [0.1, 0.15) is 75.0 Å². The van der Waals surface area contributed by atoms with Gasteiger partial charge < -0.3 is 14.2 Å². The molecule has 13 heteroatoms. The molecule has 0 aromatic heterocycles. The number of hydrogen-bond donors (Lipinski definition) is 0. The Bertz CT molecular complexity index is 1450. The smallest absolute Gasteiger partial charge is 0.428 e. The van der Waals surface area contributed by atoms with Gasteiger partial charge in [0.15, 0.2) is 0 Å². The largest absolute Gasteiger partial charge is 0.463 e. The molecule has 0 spiro atoms. The number of amides is 1. The van der Waals surface area contributed by atoms with Crippen LogP contribution in [0.3, 0.4) is 0 Å². The van der Waals surface area contributed by atoms with Crippen LogP contribution in [0.4, 0.5) is 4.79 Å². The van der Waals surface area contributed by atoms with Crippen molar-refractivity contribution in [3.05, 3.63) is 81.0 Å². The standard InChI is InChI=1S/C29H34Cl2N2O8S/c1-6-8-15-40-28(36)33-18-23(27(35)39-7-2)25(22-14-13-21(30)16-24(22)31)32(42(33,37)38)17-19-9-11-20(12-10-19)26(34)41-29(3,4)5/h9-14,16,18,25H,6-8,15,17H2,1-5H3. The molecule has 1 atom stereocenters. The summed E-state index contributed by atoms with van der Waals surface area (Å²) >= 11 is 12.6. The topological polar surface area (TPSA) is 120 Å². The number of halogens is 2. The maximum Gasteiger partial charge on any atom is 0.428 e. The van der Waals surface area contributed by atoms with E-state index >= 15 is 0 Å². The predicted octanol–water partition coefficient (Wildman–Crippen LogP) is 6.44. The number of rotatable bonds is 9. The second kappa shape index (κ2) is 13.9. The summed E-state index contributed by atoms with van der Waals surface area (Å²) in [5, 5.41) is 0.400. The van der Waals surface area contributed by atoms with Crippen molar-refractivity contribution >= 4 is 51.4 Å². The van der Waals surface area contributed by atoms with Crippen LogP contribution in [-0.2, 0) is 35.8 Å². The monoisotopic (exact) mass is 640 g/mol. The maximum absolute atomic E-state index is 14.0. The molecule has 0 aliphatic carbocycles. The fourth-order valence-corrected chi connectivity index (χ4v) is 6.07. The summed E-state index contributed by atoms with van der Waals surface area (Å²) in [5.74, 6) is -1.39. The zero-order valence-electron chi connectivity index (χ0n) is 24.1. The Hall–Kier alpha value is -3.12. The van der Waals surface area contributed by atoms with Gasteiger partial charge in [-0.05, 0) is 69.5 Å². The molecule has 1 aliphatic heterocycles. The number of carbonyl (C=O) groups is 3. The minimum atomic E-state index is -4.63. The van der Waals surface area contributed by atoms with E-state index in [-0.39, 0.29) is 41.5 Å². The van der Waals surface area contributed by atoms with Gasteiger partial charge in [-0.3, -0.25) is 0 Å². The molecule has 0 radical (unpaired) electrons. The molecule has 1 amide bonds. The van der Waals surface area contributed by atoms with Gasteiger partial charge in [0.2, 0.25) is 0 Å². The van der Waals surface area contributed by atoms with Crippen molar-refractivity contribution in [3.63, 3.8) is 0 Å². The average Bonchev–Trinajstić information content (AvgIpc) is 2.89. The number of unbranched alkanes of at least 4 members (excludes halogenated alkanes) is 1. The van der Waals surface area contributed by atoms with E-state index in [1.165, 1.54) is 30.3 Å². The third-order valence-electron chi connectivity index (χ3n) is 5.98. The molecule has 10 nitrogen and oxygen atoms in total. The summed E-state index contributed by atoms with van der Waals surface area (Å²) in [5.41, 5.74) is 0.0985. The first-order valence-electron chi connectivity index (χ1n) is 13.3. The number of ether oxygens (including phenoxy) is 3. The number of esters is 2.